The number of ether oxygens (including phenoxy) is 1. The van der Waals surface area contributed by atoms with Gasteiger partial charge in [0.05, 0.1) is 17.7 Å². The molecule has 1 aliphatic rings. The quantitative estimate of drug-likeness (QED) is 0.431. The van der Waals surface area contributed by atoms with Crippen LogP contribution in [0.2, 0.25) is 0 Å². The standard InChI is InChI=1S/C29H33N3O5/c1-30(2)12-7-13-37-23-11-10-21-18-32(19-22(21)14-23)29(36)25-15-24(26(33)16-27(25)34)28(35)31(3)17-20-8-5-4-6-9-20/h4-6,8-11,14-16,33-34H,7,12-13,17-19H2,1-3H3. The molecule has 3 aromatic rings. The van der Waals surface area contributed by atoms with Gasteiger partial charge in [-0.2, -0.15) is 0 Å². The van der Waals surface area contributed by atoms with E-state index in [-0.39, 0.29) is 22.6 Å². The number of amides is 2. The maximum atomic E-state index is 13.4. The SMILES string of the molecule is CN(C)CCCOc1ccc2c(c1)CN(C(=O)c1cc(C(=O)N(C)Cc3ccccc3)c(O)cc1O)C2. The number of hydrogen-bond donors (Lipinski definition) is 2. The predicted molar refractivity (Wildman–Crippen MR) is 141 cm³/mol. The Balaban J connectivity index is 1.46. The second-order valence-corrected chi connectivity index (χ2v) is 9.63. The van der Waals surface area contributed by atoms with Crippen molar-refractivity contribution in [3.05, 3.63) is 88.5 Å². The van der Waals surface area contributed by atoms with Crippen LogP contribution in [0.25, 0.3) is 0 Å². The molecule has 0 spiro atoms. The van der Waals surface area contributed by atoms with E-state index in [9.17, 15) is 19.8 Å². The summed E-state index contributed by atoms with van der Waals surface area (Å²) in [6.45, 7) is 2.63. The number of benzene rings is 3. The lowest BCUT2D eigenvalue weighted by Gasteiger charge is -2.20. The number of carbonyl (C=O) groups is 2. The average Bonchev–Trinajstić information content (AvgIpc) is 3.30. The van der Waals surface area contributed by atoms with Gasteiger partial charge < -0.3 is 29.6 Å². The summed E-state index contributed by atoms with van der Waals surface area (Å²) in [4.78, 5) is 31.6. The van der Waals surface area contributed by atoms with Crippen LogP contribution >= 0.6 is 0 Å². The van der Waals surface area contributed by atoms with Gasteiger partial charge in [0.25, 0.3) is 11.8 Å². The summed E-state index contributed by atoms with van der Waals surface area (Å²) in [6.07, 6.45) is 0.913. The van der Waals surface area contributed by atoms with Crippen LogP contribution in [0.5, 0.6) is 17.2 Å². The van der Waals surface area contributed by atoms with Crippen molar-refractivity contribution in [2.24, 2.45) is 0 Å². The molecular weight excluding hydrogens is 470 g/mol. The van der Waals surface area contributed by atoms with E-state index in [2.05, 4.69) is 4.90 Å². The summed E-state index contributed by atoms with van der Waals surface area (Å²) in [5.41, 5.74) is 2.86. The third-order valence-electron chi connectivity index (χ3n) is 6.39. The molecule has 0 saturated carbocycles. The van der Waals surface area contributed by atoms with Crippen LogP contribution in [0, 0.1) is 0 Å². The molecule has 1 heterocycles. The first kappa shape index (κ1) is 26.0. The molecule has 0 radical (unpaired) electrons. The van der Waals surface area contributed by atoms with Crippen LogP contribution in [0.3, 0.4) is 0 Å². The van der Waals surface area contributed by atoms with Crippen molar-refractivity contribution in [2.45, 2.75) is 26.1 Å². The van der Waals surface area contributed by atoms with E-state index in [1.54, 1.807) is 11.9 Å². The van der Waals surface area contributed by atoms with Gasteiger partial charge in [-0.1, -0.05) is 36.4 Å². The van der Waals surface area contributed by atoms with Gasteiger partial charge in [0.15, 0.2) is 0 Å². The Morgan fingerprint density at radius 2 is 1.59 bits per heavy atom. The van der Waals surface area contributed by atoms with E-state index in [1.807, 2.05) is 62.6 Å². The van der Waals surface area contributed by atoms with Crippen LogP contribution in [-0.2, 0) is 19.6 Å². The van der Waals surface area contributed by atoms with Gasteiger partial charge >= 0.3 is 0 Å². The normalized spacial score (nSPS) is 12.5. The van der Waals surface area contributed by atoms with Crippen molar-refractivity contribution in [1.82, 2.24) is 14.7 Å². The highest BCUT2D eigenvalue weighted by atomic mass is 16.5. The van der Waals surface area contributed by atoms with Crippen molar-refractivity contribution in [3.8, 4) is 17.2 Å². The molecule has 3 aromatic carbocycles. The Morgan fingerprint density at radius 3 is 2.32 bits per heavy atom. The van der Waals surface area contributed by atoms with Crippen LogP contribution in [0.4, 0.5) is 0 Å². The average molecular weight is 504 g/mol. The summed E-state index contributed by atoms with van der Waals surface area (Å²) < 4.78 is 5.86. The minimum Gasteiger partial charge on any atom is -0.507 e. The molecule has 0 aromatic heterocycles. The lowest BCUT2D eigenvalue weighted by molar-refractivity contribution is 0.0748. The zero-order chi connectivity index (χ0) is 26.5. The molecule has 0 atom stereocenters. The van der Waals surface area contributed by atoms with Gasteiger partial charge in [-0.05, 0) is 55.4 Å². The third kappa shape index (κ3) is 6.21. The zero-order valence-electron chi connectivity index (χ0n) is 21.5. The number of fused-ring (bicyclic) bond motifs is 1. The van der Waals surface area contributed by atoms with Gasteiger partial charge in [-0.3, -0.25) is 9.59 Å². The lowest BCUT2D eigenvalue weighted by Crippen LogP contribution is -2.28. The summed E-state index contributed by atoms with van der Waals surface area (Å²) >= 11 is 0. The Hall–Kier alpha value is -4.04. The minimum absolute atomic E-state index is 0.0257. The molecule has 2 amide bonds. The molecule has 0 unspecified atom stereocenters. The summed E-state index contributed by atoms with van der Waals surface area (Å²) in [7, 11) is 5.67. The molecule has 2 N–H and O–H groups in total. The molecule has 4 rings (SSSR count). The fourth-order valence-electron chi connectivity index (χ4n) is 4.40. The Labute approximate surface area is 217 Å². The van der Waals surface area contributed by atoms with Gasteiger partial charge in [-0.15, -0.1) is 0 Å². The Bertz CT molecular complexity index is 1280. The summed E-state index contributed by atoms with van der Waals surface area (Å²) in [5.74, 6) is -0.850. The number of aromatic hydroxyl groups is 2. The Morgan fingerprint density at radius 1 is 0.892 bits per heavy atom. The molecule has 37 heavy (non-hydrogen) atoms. The van der Waals surface area contributed by atoms with Crippen molar-refractivity contribution < 1.29 is 24.5 Å². The van der Waals surface area contributed by atoms with E-state index < -0.39 is 11.8 Å². The van der Waals surface area contributed by atoms with E-state index in [4.69, 9.17) is 4.74 Å². The smallest absolute Gasteiger partial charge is 0.258 e. The Kier molecular flexibility index (Phi) is 7.98. The molecule has 8 heteroatoms. The summed E-state index contributed by atoms with van der Waals surface area (Å²) in [5, 5.41) is 20.9. The van der Waals surface area contributed by atoms with Crippen molar-refractivity contribution in [2.75, 3.05) is 34.3 Å². The van der Waals surface area contributed by atoms with Crippen LogP contribution in [-0.4, -0.2) is 71.0 Å². The second kappa shape index (κ2) is 11.3. The predicted octanol–water partition coefficient (Wildman–Crippen LogP) is 3.86. The minimum atomic E-state index is -0.448. The van der Waals surface area contributed by atoms with Crippen LogP contribution in [0.1, 0.15) is 43.8 Å². The summed E-state index contributed by atoms with van der Waals surface area (Å²) in [6, 6.07) is 17.6. The molecule has 0 saturated heterocycles. The van der Waals surface area contributed by atoms with E-state index >= 15 is 0 Å². The highest BCUT2D eigenvalue weighted by molar-refractivity contribution is 6.03. The first-order chi connectivity index (χ1) is 17.7. The molecule has 0 aliphatic carbocycles. The lowest BCUT2D eigenvalue weighted by atomic mass is 10.1. The number of rotatable bonds is 9. The van der Waals surface area contributed by atoms with Gasteiger partial charge in [0.2, 0.25) is 0 Å². The van der Waals surface area contributed by atoms with Gasteiger partial charge in [0, 0.05) is 39.3 Å². The van der Waals surface area contributed by atoms with E-state index in [1.165, 1.54) is 11.0 Å². The zero-order valence-corrected chi connectivity index (χ0v) is 21.5. The van der Waals surface area contributed by atoms with E-state index in [0.29, 0.717) is 26.2 Å². The number of carbonyl (C=O) groups excluding carboxylic acids is 2. The topological polar surface area (TPSA) is 93.6 Å². The number of phenolic OH excluding ortho intramolecular Hbond substituents is 2. The monoisotopic (exact) mass is 503 g/mol. The third-order valence-corrected chi connectivity index (χ3v) is 6.39. The highest BCUT2D eigenvalue weighted by Crippen LogP contribution is 2.33. The maximum absolute atomic E-state index is 13.4. The molecular formula is C29H33N3O5. The fraction of sp³-hybridized carbons (Fsp3) is 0.310. The maximum Gasteiger partial charge on any atom is 0.258 e. The van der Waals surface area contributed by atoms with Crippen LogP contribution in [0.15, 0.2) is 60.7 Å². The second-order valence-electron chi connectivity index (χ2n) is 9.63. The number of nitrogens with zero attached hydrogens (tertiary/aromatic N) is 3. The van der Waals surface area contributed by atoms with E-state index in [0.717, 1.165) is 41.5 Å². The van der Waals surface area contributed by atoms with Crippen molar-refractivity contribution in [1.29, 1.82) is 0 Å². The largest absolute Gasteiger partial charge is 0.507 e. The van der Waals surface area contributed by atoms with Gasteiger partial charge in [-0.25, -0.2) is 0 Å². The molecule has 0 fully saturated rings. The first-order valence-electron chi connectivity index (χ1n) is 12.3. The first-order valence-corrected chi connectivity index (χ1v) is 12.3. The molecule has 8 nitrogen and oxygen atoms in total. The molecule has 1 aliphatic heterocycles. The number of phenols is 2. The molecule has 0 bridgehead atoms. The highest BCUT2D eigenvalue weighted by Gasteiger charge is 2.28. The molecule has 194 valence electrons. The van der Waals surface area contributed by atoms with Crippen LogP contribution < -0.4 is 4.74 Å². The fourth-order valence-corrected chi connectivity index (χ4v) is 4.40. The number of hydrogen-bond acceptors (Lipinski definition) is 6. The van der Waals surface area contributed by atoms with Crippen molar-refractivity contribution in [3.63, 3.8) is 0 Å². The van der Waals surface area contributed by atoms with Crippen molar-refractivity contribution >= 4 is 11.8 Å². The van der Waals surface area contributed by atoms with Gasteiger partial charge in [0.1, 0.15) is 17.2 Å².